The maximum Gasteiger partial charge on any atom is 0.383 e. The Morgan fingerprint density at radius 1 is 1.21 bits per heavy atom. The fraction of sp³-hybridized carbons (Fsp3) is 0.0714. The number of pyridine rings is 1. The van der Waals surface area contributed by atoms with Crippen LogP contribution in [0.25, 0.3) is 28.2 Å². The molecule has 0 aliphatic carbocycles. The molecule has 0 spiro atoms. The van der Waals surface area contributed by atoms with Crippen LogP contribution in [0.15, 0.2) is 47.5 Å². The summed E-state index contributed by atoms with van der Waals surface area (Å²) in [4.78, 5) is 8.32. The van der Waals surface area contributed by atoms with Gasteiger partial charge in [0.05, 0.1) is 16.6 Å². The molecular formula is C14H9N4O+. The lowest BCUT2D eigenvalue weighted by Crippen LogP contribution is -2.30. The van der Waals surface area contributed by atoms with Gasteiger partial charge in [-0.05, 0) is 12.1 Å². The van der Waals surface area contributed by atoms with Crippen LogP contribution in [-0.2, 0) is 6.54 Å². The van der Waals surface area contributed by atoms with Crippen LogP contribution in [0.2, 0.25) is 0 Å². The average molecular weight is 249 g/mol. The van der Waals surface area contributed by atoms with Gasteiger partial charge in [0.15, 0.2) is 6.54 Å². The van der Waals surface area contributed by atoms with Crippen molar-refractivity contribution in [2.24, 2.45) is 0 Å². The molecule has 0 fully saturated rings. The normalized spacial score (nSPS) is 13.1. The molecular weight excluding hydrogens is 240 g/mol. The predicted molar refractivity (Wildman–Crippen MR) is 67.5 cm³/mol. The van der Waals surface area contributed by atoms with Crippen molar-refractivity contribution in [3.05, 3.63) is 48.7 Å². The molecule has 0 amide bonds. The van der Waals surface area contributed by atoms with E-state index < -0.39 is 0 Å². The summed E-state index contributed by atoms with van der Waals surface area (Å²) in [6.45, 7) is 0.815. The zero-order valence-electron chi connectivity index (χ0n) is 9.95. The molecule has 1 aliphatic rings. The van der Waals surface area contributed by atoms with Gasteiger partial charge in [0.1, 0.15) is 6.33 Å². The van der Waals surface area contributed by atoms with Crippen LogP contribution in [0.1, 0.15) is 5.56 Å². The molecule has 0 saturated heterocycles. The highest BCUT2D eigenvalue weighted by Crippen LogP contribution is 2.31. The Bertz CT molecular complexity index is 951. The lowest BCUT2D eigenvalue weighted by atomic mass is 10.2. The number of hydrogen-bond acceptors (Lipinski definition) is 3. The van der Waals surface area contributed by atoms with Gasteiger partial charge in [-0.15, -0.1) is 0 Å². The van der Waals surface area contributed by atoms with E-state index in [1.807, 2.05) is 22.7 Å². The Balaban J connectivity index is 1.93. The van der Waals surface area contributed by atoms with E-state index in [9.17, 15) is 0 Å². The Kier molecular flexibility index (Phi) is 1.46. The van der Waals surface area contributed by atoms with E-state index in [0.717, 1.165) is 34.7 Å². The fourth-order valence-corrected chi connectivity index (χ4v) is 2.82. The molecule has 0 radical (unpaired) electrons. The molecule has 5 nitrogen and oxygen atoms in total. The van der Waals surface area contributed by atoms with Gasteiger partial charge in [-0.25, -0.2) is 4.98 Å². The van der Waals surface area contributed by atoms with E-state index in [1.165, 1.54) is 5.56 Å². The first kappa shape index (κ1) is 9.27. The Morgan fingerprint density at radius 2 is 2.16 bits per heavy atom. The Labute approximate surface area is 107 Å². The maximum atomic E-state index is 6.05. The van der Waals surface area contributed by atoms with Crippen molar-refractivity contribution in [1.82, 2.24) is 14.4 Å². The van der Waals surface area contributed by atoms with Crippen LogP contribution in [0.3, 0.4) is 0 Å². The zero-order chi connectivity index (χ0) is 12.4. The van der Waals surface area contributed by atoms with Gasteiger partial charge < -0.3 is 4.42 Å². The van der Waals surface area contributed by atoms with Crippen molar-refractivity contribution in [1.29, 1.82) is 0 Å². The lowest BCUT2D eigenvalue weighted by Gasteiger charge is -1.91. The molecule has 5 heteroatoms. The second kappa shape index (κ2) is 3.00. The standard InChI is InChI=1S/C14H9N4O/c1-3-16-8-18-10(1)5-12-14(18)19-13-11-2-4-15-6-9(11)7-17(12)13/h1-6,8H,7H2/q+1. The summed E-state index contributed by atoms with van der Waals surface area (Å²) in [7, 11) is 0. The molecule has 0 N–H and O–H groups in total. The van der Waals surface area contributed by atoms with E-state index in [1.54, 1.807) is 18.7 Å². The largest absolute Gasteiger partial charge is 0.383 e. The second-order valence-electron chi connectivity index (χ2n) is 4.74. The van der Waals surface area contributed by atoms with E-state index in [4.69, 9.17) is 4.42 Å². The highest BCUT2D eigenvalue weighted by Gasteiger charge is 2.35. The van der Waals surface area contributed by atoms with Crippen LogP contribution in [0, 0.1) is 0 Å². The van der Waals surface area contributed by atoms with Crippen molar-refractivity contribution in [3.8, 4) is 11.5 Å². The smallest absolute Gasteiger partial charge is 0.380 e. The summed E-state index contributed by atoms with van der Waals surface area (Å²) < 4.78 is 10.2. The molecule has 0 saturated carbocycles. The van der Waals surface area contributed by atoms with Gasteiger partial charge in [0.25, 0.3) is 11.2 Å². The highest BCUT2D eigenvalue weighted by atomic mass is 16.4. The lowest BCUT2D eigenvalue weighted by molar-refractivity contribution is -0.649. The van der Waals surface area contributed by atoms with Crippen molar-refractivity contribution in [3.63, 3.8) is 0 Å². The molecule has 0 aromatic carbocycles. The summed E-state index contributed by atoms with van der Waals surface area (Å²) in [6, 6.07) is 6.11. The topological polar surface area (TPSA) is 47.2 Å². The number of fused-ring (bicyclic) bond motifs is 7. The minimum absolute atomic E-state index is 0.815. The Hall–Kier alpha value is -2.69. The number of oxazole rings is 1. The van der Waals surface area contributed by atoms with Crippen molar-refractivity contribution in [2.75, 3.05) is 0 Å². The third-order valence-corrected chi connectivity index (χ3v) is 3.71. The first-order valence-electron chi connectivity index (χ1n) is 6.12. The van der Waals surface area contributed by atoms with Crippen LogP contribution in [0.4, 0.5) is 0 Å². The van der Waals surface area contributed by atoms with Crippen molar-refractivity contribution < 1.29 is 8.98 Å². The number of hydrogen-bond donors (Lipinski definition) is 0. The molecule has 5 heterocycles. The SMILES string of the molecule is c1cc2c(cn1)C[n+]1c-2oc2c1cc1ccncn12. The molecule has 4 aromatic rings. The third-order valence-electron chi connectivity index (χ3n) is 3.71. The molecule has 19 heavy (non-hydrogen) atoms. The monoisotopic (exact) mass is 249 g/mol. The number of rotatable bonds is 0. The predicted octanol–water partition coefficient (Wildman–Crippen LogP) is 1.79. The van der Waals surface area contributed by atoms with Crippen molar-refractivity contribution in [2.45, 2.75) is 6.54 Å². The van der Waals surface area contributed by atoms with Gasteiger partial charge in [-0.1, -0.05) is 0 Å². The van der Waals surface area contributed by atoms with E-state index in [0.29, 0.717) is 0 Å². The van der Waals surface area contributed by atoms with E-state index >= 15 is 0 Å². The second-order valence-corrected chi connectivity index (χ2v) is 4.74. The average Bonchev–Trinajstić information content (AvgIpc) is 3.07. The van der Waals surface area contributed by atoms with Gasteiger partial charge in [0.2, 0.25) is 0 Å². The summed E-state index contributed by atoms with van der Waals surface area (Å²) in [5.41, 5.74) is 5.37. The number of nitrogens with zero attached hydrogens (tertiary/aromatic N) is 4. The molecule has 0 bridgehead atoms. The van der Waals surface area contributed by atoms with E-state index in [-0.39, 0.29) is 0 Å². The third kappa shape index (κ3) is 1.03. The molecule has 1 aliphatic heterocycles. The van der Waals surface area contributed by atoms with Gasteiger partial charge in [-0.2, -0.15) is 4.57 Å². The van der Waals surface area contributed by atoms with Crippen LogP contribution >= 0.6 is 0 Å². The summed E-state index contributed by atoms with van der Waals surface area (Å²) >= 11 is 0. The summed E-state index contributed by atoms with van der Waals surface area (Å²) in [5, 5.41) is 0. The van der Waals surface area contributed by atoms with E-state index in [2.05, 4.69) is 20.6 Å². The minimum Gasteiger partial charge on any atom is -0.380 e. The molecule has 5 rings (SSSR count). The van der Waals surface area contributed by atoms with Gasteiger partial charge in [0, 0.05) is 24.7 Å². The summed E-state index contributed by atoms with van der Waals surface area (Å²) in [6.07, 6.45) is 7.28. The van der Waals surface area contributed by atoms with Crippen LogP contribution < -0.4 is 4.57 Å². The maximum absolute atomic E-state index is 6.05. The van der Waals surface area contributed by atoms with Crippen LogP contribution in [-0.4, -0.2) is 14.4 Å². The highest BCUT2D eigenvalue weighted by molar-refractivity contribution is 5.78. The molecule has 0 atom stereocenters. The Morgan fingerprint density at radius 3 is 3.16 bits per heavy atom. The minimum atomic E-state index is 0.815. The quantitative estimate of drug-likeness (QED) is 0.393. The zero-order valence-corrected chi connectivity index (χ0v) is 9.95. The summed E-state index contributed by atoms with van der Waals surface area (Å²) in [5.74, 6) is 0.903. The first-order chi connectivity index (χ1) is 9.42. The van der Waals surface area contributed by atoms with Gasteiger partial charge >= 0.3 is 5.89 Å². The van der Waals surface area contributed by atoms with Crippen molar-refractivity contribution >= 4 is 16.7 Å². The molecule has 0 unspecified atom stereocenters. The number of aromatic nitrogens is 4. The van der Waals surface area contributed by atoms with Gasteiger partial charge in [-0.3, -0.25) is 9.38 Å². The molecule has 90 valence electrons. The first-order valence-corrected chi connectivity index (χ1v) is 6.12. The van der Waals surface area contributed by atoms with Crippen LogP contribution in [0.5, 0.6) is 0 Å². The molecule has 4 aromatic heterocycles. The fourth-order valence-electron chi connectivity index (χ4n) is 2.82.